The molecule has 29 heavy (non-hydrogen) atoms. The van der Waals surface area contributed by atoms with Crippen LogP contribution in [0.1, 0.15) is 110 Å². The van der Waals surface area contributed by atoms with Crippen LogP contribution in [0.15, 0.2) is 23.8 Å². The zero-order valence-electron chi connectivity index (χ0n) is 19.0. The molecule has 0 spiro atoms. The highest BCUT2D eigenvalue weighted by molar-refractivity contribution is 5.07. The molecule has 0 aliphatic heterocycles. The van der Waals surface area contributed by atoms with Gasteiger partial charge in [-0.25, -0.2) is 0 Å². The van der Waals surface area contributed by atoms with Crippen molar-refractivity contribution < 1.29 is 8.78 Å². The molecule has 3 fully saturated rings. The molecule has 0 heterocycles. The standard InChI is InChI=1S/C27H44F2/c1-20-3-16-26(17-4-20)21(2)19-25-13-11-23(12-14-25)6-5-22-7-9-24(10-8-22)15-18-27(28)29/h18-20,22-26H,3-17H2,1-2H3/b21-19+. The van der Waals surface area contributed by atoms with Gasteiger partial charge in [0.2, 0.25) is 0 Å². The summed E-state index contributed by atoms with van der Waals surface area (Å²) in [5.74, 6) is 4.96. The predicted octanol–water partition coefficient (Wildman–Crippen LogP) is 9.32. The maximum Gasteiger partial charge on any atom is 0.266 e. The van der Waals surface area contributed by atoms with Gasteiger partial charge in [0.25, 0.3) is 6.08 Å². The second-order valence-electron chi connectivity index (χ2n) is 10.8. The highest BCUT2D eigenvalue weighted by Crippen LogP contribution is 2.39. The molecule has 2 heteroatoms. The zero-order chi connectivity index (χ0) is 20.6. The van der Waals surface area contributed by atoms with Crippen LogP contribution in [0.4, 0.5) is 8.78 Å². The summed E-state index contributed by atoms with van der Waals surface area (Å²) in [6, 6.07) is 0. The minimum Gasteiger partial charge on any atom is -0.174 e. The molecule has 0 aromatic rings. The van der Waals surface area contributed by atoms with Gasteiger partial charge in [-0.3, -0.25) is 0 Å². The molecular formula is C27H44F2. The normalized spacial score (nSPS) is 36.6. The number of halogens is 2. The summed E-state index contributed by atoms with van der Waals surface area (Å²) >= 11 is 0. The fraction of sp³-hybridized carbons (Fsp3) is 0.852. The minimum absolute atomic E-state index is 0.505. The molecule has 0 amide bonds. The summed E-state index contributed by atoms with van der Waals surface area (Å²) in [5, 5.41) is 0. The lowest BCUT2D eigenvalue weighted by atomic mass is 9.74. The van der Waals surface area contributed by atoms with E-state index in [2.05, 4.69) is 19.9 Å². The van der Waals surface area contributed by atoms with Gasteiger partial charge in [0, 0.05) is 0 Å². The van der Waals surface area contributed by atoms with Crippen molar-refractivity contribution in [1.29, 1.82) is 0 Å². The van der Waals surface area contributed by atoms with Crippen LogP contribution >= 0.6 is 0 Å². The van der Waals surface area contributed by atoms with Crippen molar-refractivity contribution >= 4 is 0 Å². The highest BCUT2D eigenvalue weighted by atomic mass is 19.3. The Morgan fingerprint density at radius 1 is 0.724 bits per heavy atom. The van der Waals surface area contributed by atoms with Crippen LogP contribution in [-0.4, -0.2) is 0 Å². The molecule has 3 rings (SSSR count). The molecule has 3 aliphatic rings. The van der Waals surface area contributed by atoms with Crippen molar-refractivity contribution in [3.05, 3.63) is 23.8 Å². The van der Waals surface area contributed by atoms with E-state index in [0.29, 0.717) is 12.3 Å². The van der Waals surface area contributed by atoms with E-state index < -0.39 is 6.08 Å². The van der Waals surface area contributed by atoms with Crippen LogP contribution in [-0.2, 0) is 0 Å². The number of rotatable bonds is 7. The highest BCUT2D eigenvalue weighted by Gasteiger charge is 2.25. The van der Waals surface area contributed by atoms with Crippen molar-refractivity contribution in [2.75, 3.05) is 0 Å². The molecule has 0 atom stereocenters. The third kappa shape index (κ3) is 7.83. The first-order chi connectivity index (χ1) is 14.0. The van der Waals surface area contributed by atoms with E-state index in [1.807, 2.05) is 0 Å². The molecular weight excluding hydrogens is 362 g/mol. The summed E-state index contributed by atoms with van der Waals surface area (Å²) in [4.78, 5) is 0. The lowest BCUT2D eigenvalue weighted by Crippen LogP contribution is -2.18. The van der Waals surface area contributed by atoms with Gasteiger partial charge < -0.3 is 0 Å². The first kappa shape index (κ1) is 23.0. The van der Waals surface area contributed by atoms with Gasteiger partial charge in [-0.1, -0.05) is 57.1 Å². The minimum atomic E-state index is -1.50. The Kier molecular flexibility index (Phi) is 9.25. The summed E-state index contributed by atoms with van der Waals surface area (Å²) in [7, 11) is 0. The Morgan fingerprint density at radius 3 is 1.79 bits per heavy atom. The van der Waals surface area contributed by atoms with Gasteiger partial charge in [-0.2, -0.15) is 8.78 Å². The van der Waals surface area contributed by atoms with Crippen molar-refractivity contribution in [1.82, 2.24) is 0 Å². The van der Waals surface area contributed by atoms with Crippen molar-refractivity contribution in [2.24, 2.45) is 35.5 Å². The van der Waals surface area contributed by atoms with E-state index in [4.69, 9.17) is 0 Å². The molecule has 0 bridgehead atoms. The number of hydrogen-bond acceptors (Lipinski definition) is 0. The summed E-state index contributed by atoms with van der Waals surface area (Å²) < 4.78 is 24.5. The van der Waals surface area contributed by atoms with Crippen LogP contribution in [0, 0.1) is 35.5 Å². The summed E-state index contributed by atoms with van der Waals surface area (Å²) in [6.45, 7) is 4.81. The van der Waals surface area contributed by atoms with Crippen LogP contribution in [0.2, 0.25) is 0 Å². The topological polar surface area (TPSA) is 0 Å². The maximum atomic E-state index is 12.3. The predicted molar refractivity (Wildman–Crippen MR) is 120 cm³/mol. The zero-order valence-corrected chi connectivity index (χ0v) is 19.0. The molecule has 166 valence electrons. The fourth-order valence-corrected chi connectivity index (χ4v) is 6.35. The number of allylic oxidation sites excluding steroid dienone is 3. The Balaban J connectivity index is 1.30. The average molecular weight is 407 g/mol. The van der Waals surface area contributed by atoms with E-state index in [0.717, 1.165) is 48.5 Å². The molecule has 0 aromatic heterocycles. The lowest BCUT2D eigenvalue weighted by molar-refractivity contribution is 0.226. The lowest BCUT2D eigenvalue weighted by Gasteiger charge is -2.32. The van der Waals surface area contributed by atoms with Gasteiger partial charge in [-0.05, 0) is 106 Å². The molecule has 0 unspecified atom stereocenters. The van der Waals surface area contributed by atoms with Gasteiger partial charge in [-0.15, -0.1) is 0 Å². The fourth-order valence-electron chi connectivity index (χ4n) is 6.35. The molecule has 0 saturated heterocycles. The second-order valence-corrected chi connectivity index (χ2v) is 10.8. The Morgan fingerprint density at radius 2 is 1.24 bits per heavy atom. The Hall–Kier alpha value is -0.660. The molecule has 0 N–H and O–H groups in total. The quantitative estimate of drug-likeness (QED) is 0.369. The Bertz CT molecular complexity index is 521. The third-order valence-corrected chi connectivity index (χ3v) is 8.60. The first-order valence-electron chi connectivity index (χ1n) is 12.7. The monoisotopic (exact) mass is 406 g/mol. The number of hydrogen-bond donors (Lipinski definition) is 0. The van der Waals surface area contributed by atoms with Crippen molar-refractivity contribution in [3.63, 3.8) is 0 Å². The molecule has 3 aliphatic carbocycles. The van der Waals surface area contributed by atoms with E-state index in [9.17, 15) is 8.78 Å². The van der Waals surface area contributed by atoms with Crippen LogP contribution < -0.4 is 0 Å². The van der Waals surface area contributed by atoms with E-state index in [1.165, 1.54) is 77.0 Å². The van der Waals surface area contributed by atoms with Crippen molar-refractivity contribution in [3.8, 4) is 0 Å². The van der Waals surface area contributed by atoms with Crippen LogP contribution in [0.5, 0.6) is 0 Å². The van der Waals surface area contributed by atoms with E-state index in [-0.39, 0.29) is 0 Å². The van der Waals surface area contributed by atoms with Gasteiger partial charge in [0.1, 0.15) is 0 Å². The SMILES string of the molecule is C/C(=C\C1CCC(CCC2CCC(CC=C(F)F)CC2)CC1)C1CCC(C)CC1. The smallest absolute Gasteiger partial charge is 0.174 e. The van der Waals surface area contributed by atoms with Crippen LogP contribution in [0.3, 0.4) is 0 Å². The van der Waals surface area contributed by atoms with E-state index in [1.54, 1.807) is 5.57 Å². The van der Waals surface area contributed by atoms with Crippen LogP contribution in [0.25, 0.3) is 0 Å². The second kappa shape index (κ2) is 11.7. The van der Waals surface area contributed by atoms with Gasteiger partial charge in [0.15, 0.2) is 0 Å². The third-order valence-electron chi connectivity index (χ3n) is 8.60. The molecule has 3 saturated carbocycles. The van der Waals surface area contributed by atoms with Crippen molar-refractivity contribution in [2.45, 2.75) is 110 Å². The summed E-state index contributed by atoms with van der Waals surface area (Å²) in [5.41, 5.74) is 1.69. The molecule has 0 aromatic carbocycles. The van der Waals surface area contributed by atoms with Gasteiger partial charge >= 0.3 is 0 Å². The maximum absolute atomic E-state index is 12.3. The average Bonchev–Trinajstić information content (AvgIpc) is 2.73. The first-order valence-corrected chi connectivity index (χ1v) is 12.7. The molecule has 0 radical (unpaired) electrons. The van der Waals surface area contributed by atoms with E-state index >= 15 is 0 Å². The molecule has 0 nitrogen and oxygen atoms in total. The Labute approximate surface area is 178 Å². The summed E-state index contributed by atoms with van der Waals surface area (Å²) in [6.07, 6.45) is 21.9. The largest absolute Gasteiger partial charge is 0.266 e. The van der Waals surface area contributed by atoms with Gasteiger partial charge in [0.05, 0.1) is 0 Å².